The third-order valence-electron chi connectivity index (χ3n) is 3.95. The van der Waals surface area contributed by atoms with Crippen LogP contribution in [-0.2, 0) is 6.61 Å². The Kier molecular flexibility index (Phi) is 6.76. The van der Waals surface area contributed by atoms with E-state index in [2.05, 4.69) is 10.6 Å². The molecule has 9 heteroatoms. The van der Waals surface area contributed by atoms with Crippen molar-refractivity contribution in [3.05, 3.63) is 69.9 Å². The highest BCUT2D eigenvalue weighted by Gasteiger charge is 2.13. The fourth-order valence-electron chi connectivity index (χ4n) is 2.56. The number of aliphatic hydroxyl groups is 1. The van der Waals surface area contributed by atoms with Gasteiger partial charge >= 0.3 is 0 Å². The van der Waals surface area contributed by atoms with Crippen LogP contribution in [0, 0.1) is 0 Å². The minimum absolute atomic E-state index is 0.108. The Morgan fingerprint density at radius 1 is 1.14 bits per heavy atom. The summed E-state index contributed by atoms with van der Waals surface area (Å²) in [6.07, 6.45) is 0. The molecule has 0 aliphatic rings. The summed E-state index contributed by atoms with van der Waals surface area (Å²) in [5.41, 5.74) is 1.65. The van der Waals surface area contributed by atoms with E-state index in [9.17, 15) is 4.79 Å². The number of furan rings is 1. The molecule has 0 aliphatic heterocycles. The van der Waals surface area contributed by atoms with Crippen LogP contribution in [0.5, 0.6) is 5.75 Å². The number of halogens is 2. The highest BCUT2D eigenvalue weighted by molar-refractivity contribution is 7.80. The van der Waals surface area contributed by atoms with Crippen molar-refractivity contribution in [3.63, 3.8) is 0 Å². The Balaban J connectivity index is 1.71. The topological polar surface area (TPSA) is 83.7 Å². The van der Waals surface area contributed by atoms with E-state index in [0.717, 1.165) is 0 Å². The van der Waals surface area contributed by atoms with Gasteiger partial charge in [-0.25, -0.2) is 0 Å². The molecule has 0 spiro atoms. The third kappa shape index (κ3) is 5.07. The fraction of sp³-hybridized carbons (Fsp3) is 0.100. The summed E-state index contributed by atoms with van der Waals surface area (Å²) < 4.78 is 11.0. The van der Waals surface area contributed by atoms with Gasteiger partial charge in [-0.1, -0.05) is 23.2 Å². The Morgan fingerprint density at radius 3 is 2.59 bits per heavy atom. The average molecular weight is 451 g/mol. The van der Waals surface area contributed by atoms with Crippen molar-refractivity contribution in [1.82, 2.24) is 5.32 Å². The quantitative estimate of drug-likeness (QED) is 0.480. The van der Waals surface area contributed by atoms with E-state index >= 15 is 0 Å². The van der Waals surface area contributed by atoms with Gasteiger partial charge < -0.3 is 19.6 Å². The van der Waals surface area contributed by atoms with Gasteiger partial charge in [0.05, 0.1) is 22.7 Å². The van der Waals surface area contributed by atoms with Crippen LogP contribution in [0.3, 0.4) is 0 Å². The molecule has 0 unspecified atom stereocenters. The van der Waals surface area contributed by atoms with Gasteiger partial charge in [0.2, 0.25) is 0 Å². The molecule has 150 valence electrons. The normalized spacial score (nSPS) is 10.5. The lowest BCUT2D eigenvalue weighted by Gasteiger charge is -2.13. The van der Waals surface area contributed by atoms with Crippen LogP contribution in [0.1, 0.15) is 16.1 Å². The summed E-state index contributed by atoms with van der Waals surface area (Å²) in [6, 6.07) is 13.2. The molecule has 0 aliphatic carbocycles. The summed E-state index contributed by atoms with van der Waals surface area (Å²) >= 11 is 17.0. The van der Waals surface area contributed by atoms with Crippen LogP contribution >= 0.6 is 35.4 Å². The van der Waals surface area contributed by atoms with Crippen LogP contribution in [0.4, 0.5) is 5.69 Å². The number of methoxy groups -OCH3 is 1. The predicted molar refractivity (Wildman–Crippen MR) is 117 cm³/mol. The summed E-state index contributed by atoms with van der Waals surface area (Å²) in [7, 11) is 1.53. The molecular weight excluding hydrogens is 435 g/mol. The summed E-state index contributed by atoms with van der Waals surface area (Å²) in [4.78, 5) is 12.3. The monoisotopic (exact) mass is 450 g/mol. The van der Waals surface area contributed by atoms with Crippen LogP contribution in [-0.4, -0.2) is 23.2 Å². The zero-order chi connectivity index (χ0) is 21.0. The molecule has 0 saturated carbocycles. The second kappa shape index (κ2) is 9.28. The SMILES string of the molecule is COc1cc(NC(=S)NC(=O)c2ccc(Cl)c(Cl)c2)ccc1-c1ccc(CO)o1. The van der Waals surface area contributed by atoms with Crippen molar-refractivity contribution in [2.75, 3.05) is 12.4 Å². The Labute approximate surface area is 182 Å². The van der Waals surface area contributed by atoms with Gasteiger partial charge in [0.15, 0.2) is 5.11 Å². The van der Waals surface area contributed by atoms with Crippen LogP contribution < -0.4 is 15.4 Å². The minimum atomic E-state index is -0.420. The standard InChI is InChI=1S/C20H16Cl2N2O4S/c1-27-18-9-12(3-5-14(18)17-7-4-13(10-25)28-17)23-20(29)24-19(26)11-2-6-15(21)16(22)8-11/h2-9,25H,10H2,1H3,(H2,23,24,26,29). The summed E-state index contributed by atoms with van der Waals surface area (Å²) in [5, 5.41) is 15.4. The van der Waals surface area contributed by atoms with Crippen molar-refractivity contribution < 1.29 is 19.1 Å². The highest BCUT2D eigenvalue weighted by atomic mass is 35.5. The molecule has 29 heavy (non-hydrogen) atoms. The van der Waals surface area contributed by atoms with E-state index in [1.54, 1.807) is 36.4 Å². The first-order chi connectivity index (χ1) is 13.9. The first kappa shape index (κ1) is 21.1. The van der Waals surface area contributed by atoms with E-state index in [1.165, 1.54) is 19.2 Å². The zero-order valence-corrected chi connectivity index (χ0v) is 17.5. The number of rotatable bonds is 5. The Bertz CT molecular complexity index is 1070. The van der Waals surface area contributed by atoms with E-state index in [1.807, 2.05) is 0 Å². The number of aliphatic hydroxyl groups excluding tert-OH is 1. The smallest absolute Gasteiger partial charge is 0.257 e. The van der Waals surface area contributed by atoms with Crippen LogP contribution in [0.15, 0.2) is 52.9 Å². The fourth-order valence-corrected chi connectivity index (χ4v) is 3.06. The van der Waals surface area contributed by atoms with Crippen LogP contribution in [0.25, 0.3) is 11.3 Å². The van der Waals surface area contributed by atoms with E-state index in [4.69, 9.17) is 49.7 Å². The maximum Gasteiger partial charge on any atom is 0.257 e. The molecule has 1 heterocycles. The molecule has 0 bridgehead atoms. The third-order valence-corrected chi connectivity index (χ3v) is 4.89. The van der Waals surface area contributed by atoms with Gasteiger partial charge in [-0.2, -0.15) is 0 Å². The highest BCUT2D eigenvalue weighted by Crippen LogP contribution is 2.33. The lowest BCUT2D eigenvalue weighted by Crippen LogP contribution is -2.34. The largest absolute Gasteiger partial charge is 0.496 e. The minimum Gasteiger partial charge on any atom is -0.496 e. The molecule has 0 atom stereocenters. The number of benzene rings is 2. The van der Waals surface area contributed by atoms with E-state index in [-0.39, 0.29) is 16.7 Å². The van der Waals surface area contributed by atoms with E-state index < -0.39 is 5.91 Å². The number of carbonyl (C=O) groups excluding carboxylic acids is 1. The van der Waals surface area contributed by atoms with Gasteiger partial charge in [-0.3, -0.25) is 10.1 Å². The van der Waals surface area contributed by atoms with Gasteiger partial charge in [0.1, 0.15) is 23.9 Å². The molecule has 3 aromatic rings. The number of carbonyl (C=O) groups is 1. The molecule has 0 saturated heterocycles. The van der Waals surface area contributed by atoms with Crippen molar-refractivity contribution >= 4 is 52.1 Å². The average Bonchev–Trinajstić information content (AvgIpc) is 3.18. The van der Waals surface area contributed by atoms with Gasteiger partial charge in [-0.05, 0) is 54.7 Å². The molecule has 6 nitrogen and oxygen atoms in total. The number of thiocarbonyl (C=S) groups is 1. The molecule has 3 rings (SSSR count). The van der Waals surface area contributed by atoms with Gasteiger partial charge in [-0.15, -0.1) is 0 Å². The predicted octanol–water partition coefficient (Wildman–Crippen LogP) is 4.88. The number of hydrogen-bond acceptors (Lipinski definition) is 5. The maximum atomic E-state index is 12.3. The number of amides is 1. The van der Waals surface area contributed by atoms with Crippen molar-refractivity contribution in [2.24, 2.45) is 0 Å². The number of ether oxygens (including phenoxy) is 1. The van der Waals surface area contributed by atoms with Crippen molar-refractivity contribution in [3.8, 4) is 17.1 Å². The lowest BCUT2D eigenvalue weighted by molar-refractivity contribution is 0.0977. The number of anilines is 1. The summed E-state index contributed by atoms with van der Waals surface area (Å²) in [6.45, 7) is -0.186. The first-order valence-corrected chi connectivity index (χ1v) is 9.53. The molecule has 0 fully saturated rings. The number of nitrogens with one attached hydrogen (secondary N) is 2. The molecule has 0 radical (unpaired) electrons. The first-order valence-electron chi connectivity index (χ1n) is 8.36. The number of hydrogen-bond donors (Lipinski definition) is 3. The molecule has 1 amide bonds. The molecular formula is C20H16Cl2N2O4S. The molecule has 3 N–H and O–H groups in total. The van der Waals surface area contributed by atoms with Crippen molar-refractivity contribution in [2.45, 2.75) is 6.61 Å². The van der Waals surface area contributed by atoms with E-state index in [0.29, 0.717) is 39.1 Å². The Hall–Kier alpha value is -2.58. The summed E-state index contributed by atoms with van der Waals surface area (Å²) in [5.74, 6) is 1.13. The lowest BCUT2D eigenvalue weighted by atomic mass is 10.1. The Morgan fingerprint density at radius 2 is 1.93 bits per heavy atom. The van der Waals surface area contributed by atoms with Crippen molar-refractivity contribution in [1.29, 1.82) is 0 Å². The van der Waals surface area contributed by atoms with Crippen LogP contribution in [0.2, 0.25) is 10.0 Å². The van der Waals surface area contributed by atoms with Gasteiger partial charge in [0.25, 0.3) is 5.91 Å². The van der Waals surface area contributed by atoms with Gasteiger partial charge in [0, 0.05) is 17.3 Å². The molecule has 2 aromatic carbocycles. The second-order valence-electron chi connectivity index (χ2n) is 5.88. The zero-order valence-electron chi connectivity index (χ0n) is 15.2. The maximum absolute atomic E-state index is 12.3. The second-order valence-corrected chi connectivity index (χ2v) is 7.10. The molecule has 1 aromatic heterocycles.